The summed E-state index contributed by atoms with van der Waals surface area (Å²) < 4.78 is 51.2. The molecule has 6 heteroatoms. The summed E-state index contributed by atoms with van der Waals surface area (Å²) in [5.41, 5.74) is -0.846. The molecular weight excluding hydrogens is 284 g/mol. The van der Waals surface area contributed by atoms with Gasteiger partial charge in [0.2, 0.25) is 0 Å². The Bertz CT molecular complexity index is 467. The van der Waals surface area contributed by atoms with Crippen molar-refractivity contribution in [3.05, 3.63) is 29.6 Å². The van der Waals surface area contributed by atoms with Gasteiger partial charge in [0.05, 0.1) is 11.3 Å². The molecule has 1 aromatic carbocycles. The van der Waals surface area contributed by atoms with E-state index >= 15 is 0 Å². The molecule has 0 aromatic heterocycles. The van der Waals surface area contributed by atoms with Crippen molar-refractivity contribution >= 4 is 5.69 Å². The van der Waals surface area contributed by atoms with Crippen molar-refractivity contribution in [2.75, 3.05) is 25.0 Å². The molecule has 0 amide bonds. The third-order valence-corrected chi connectivity index (χ3v) is 3.68. The predicted octanol–water partition coefficient (Wildman–Crippen LogP) is 4.13. The number of hydrogen-bond acceptors (Lipinski definition) is 2. The molecule has 1 N–H and O–H groups in total. The molecule has 1 unspecified atom stereocenters. The molecule has 0 aliphatic carbocycles. The molecule has 1 aromatic rings. The number of halogens is 4. The van der Waals surface area contributed by atoms with E-state index in [1.165, 1.54) is 19.3 Å². The minimum absolute atomic E-state index is 0.0191. The van der Waals surface area contributed by atoms with Crippen LogP contribution in [0.25, 0.3) is 0 Å². The van der Waals surface area contributed by atoms with Gasteiger partial charge < -0.3 is 10.2 Å². The van der Waals surface area contributed by atoms with E-state index in [1.807, 2.05) is 6.92 Å². The maximum absolute atomic E-state index is 13.7. The van der Waals surface area contributed by atoms with Crippen LogP contribution in [0.15, 0.2) is 18.2 Å². The molecule has 0 saturated carbocycles. The van der Waals surface area contributed by atoms with E-state index in [0.29, 0.717) is 6.07 Å². The van der Waals surface area contributed by atoms with Crippen LogP contribution in [0, 0.1) is 5.82 Å². The van der Waals surface area contributed by atoms with Gasteiger partial charge in [-0.15, -0.1) is 0 Å². The Morgan fingerprint density at radius 1 is 1.19 bits per heavy atom. The van der Waals surface area contributed by atoms with Crippen molar-refractivity contribution in [3.8, 4) is 0 Å². The Morgan fingerprint density at radius 2 is 1.86 bits per heavy atom. The van der Waals surface area contributed by atoms with Crippen LogP contribution in [-0.2, 0) is 6.18 Å². The lowest BCUT2D eigenvalue weighted by molar-refractivity contribution is -0.137. The summed E-state index contributed by atoms with van der Waals surface area (Å²) >= 11 is 0. The second kappa shape index (κ2) is 6.64. The van der Waals surface area contributed by atoms with Crippen molar-refractivity contribution < 1.29 is 17.6 Å². The van der Waals surface area contributed by atoms with Crippen LogP contribution in [0.3, 0.4) is 0 Å². The van der Waals surface area contributed by atoms with E-state index in [1.54, 1.807) is 0 Å². The lowest BCUT2D eigenvalue weighted by Gasteiger charge is -2.29. The number of rotatable bonds is 4. The molecule has 2 nitrogen and oxygen atoms in total. The van der Waals surface area contributed by atoms with Crippen molar-refractivity contribution in [1.29, 1.82) is 0 Å². The van der Waals surface area contributed by atoms with E-state index in [0.717, 1.165) is 31.8 Å². The van der Waals surface area contributed by atoms with Crippen LogP contribution in [0.2, 0.25) is 0 Å². The number of likely N-dealkylation sites (tertiary alicyclic amines) is 1. The second-order valence-corrected chi connectivity index (χ2v) is 5.60. The molecule has 0 bridgehead atoms. The second-order valence-electron chi connectivity index (χ2n) is 5.60. The zero-order valence-corrected chi connectivity index (χ0v) is 12.0. The van der Waals surface area contributed by atoms with Crippen LogP contribution in [0.4, 0.5) is 23.2 Å². The van der Waals surface area contributed by atoms with Crippen LogP contribution < -0.4 is 5.32 Å². The van der Waals surface area contributed by atoms with Crippen LogP contribution in [-0.4, -0.2) is 30.6 Å². The summed E-state index contributed by atoms with van der Waals surface area (Å²) in [5.74, 6) is -0.865. The number of anilines is 1. The fourth-order valence-corrected chi connectivity index (χ4v) is 2.65. The number of piperidine rings is 1. The fraction of sp³-hybridized carbons (Fsp3) is 0.600. The molecular formula is C15H20F4N2. The molecule has 0 spiro atoms. The Hall–Kier alpha value is -1.30. The molecule has 118 valence electrons. The highest BCUT2D eigenvalue weighted by Crippen LogP contribution is 2.31. The molecule has 21 heavy (non-hydrogen) atoms. The first-order valence-corrected chi connectivity index (χ1v) is 7.22. The highest BCUT2D eigenvalue weighted by atomic mass is 19.4. The first kappa shape index (κ1) is 16.1. The Morgan fingerprint density at radius 3 is 2.43 bits per heavy atom. The number of alkyl halides is 3. The van der Waals surface area contributed by atoms with Gasteiger partial charge in [0, 0.05) is 12.6 Å². The van der Waals surface area contributed by atoms with Gasteiger partial charge in [-0.1, -0.05) is 6.42 Å². The van der Waals surface area contributed by atoms with Gasteiger partial charge >= 0.3 is 6.18 Å². The summed E-state index contributed by atoms with van der Waals surface area (Å²) in [5, 5.41) is 2.95. The smallest absolute Gasteiger partial charge is 0.379 e. The largest absolute Gasteiger partial charge is 0.416 e. The molecule has 0 radical (unpaired) electrons. The topological polar surface area (TPSA) is 15.3 Å². The van der Waals surface area contributed by atoms with Gasteiger partial charge in [-0.3, -0.25) is 0 Å². The van der Waals surface area contributed by atoms with Crippen molar-refractivity contribution in [2.45, 2.75) is 38.4 Å². The summed E-state index contributed by atoms with van der Waals surface area (Å²) in [6, 6.07) is 2.58. The lowest BCUT2D eigenvalue weighted by atomic mass is 10.1. The Kier molecular flexibility index (Phi) is 5.08. The third-order valence-electron chi connectivity index (χ3n) is 3.68. The first-order valence-electron chi connectivity index (χ1n) is 7.22. The molecule has 2 rings (SSSR count). The molecule has 1 aliphatic rings. The van der Waals surface area contributed by atoms with E-state index in [9.17, 15) is 17.6 Å². The van der Waals surface area contributed by atoms with Gasteiger partial charge in [-0.25, -0.2) is 4.39 Å². The average Bonchev–Trinajstić information content (AvgIpc) is 2.41. The number of hydrogen-bond donors (Lipinski definition) is 1. The molecule has 1 aliphatic heterocycles. The van der Waals surface area contributed by atoms with Gasteiger partial charge in [-0.05, 0) is 51.1 Å². The monoisotopic (exact) mass is 304 g/mol. The predicted molar refractivity (Wildman–Crippen MR) is 74.8 cm³/mol. The van der Waals surface area contributed by atoms with Gasteiger partial charge in [0.25, 0.3) is 0 Å². The zero-order chi connectivity index (χ0) is 15.5. The quantitative estimate of drug-likeness (QED) is 0.841. The normalized spacial score (nSPS) is 18.5. The minimum atomic E-state index is -4.52. The highest BCUT2D eigenvalue weighted by Gasteiger charge is 2.31. The minimum Gasteiger partial charge on any atom is -0.379 e. The van der Waals surface area contributed by atoms with Gasteiger partial charge in [-0.2, -0.15) is 13.2 Å². The van der Waals surface area contributed by atoms with E-state index in [4.69, 9.17) is 0 Å². The molecule has 1 saturated heterocycles. The Labute approximate surface area is 122 Å². The van der Waals surface area contributed by atoms with E-state index in [-0.39, 0.29) is 11.7 Å². The van der Waals surface area contributed by atoms with Crippen LogP contribution in [0.1, 0.15) is 31.7 Å². The summed E-state index contributed by atoms with van der Waals surface area (Å²) in [4.78, 5) is 2.29. The lowest BCUT2D eigenvalue weighted by Crippen LogP contribution is -2.38. The van der Waals surface area contributed by atoms with Crippen LogP contribution in [0.5, 0.6) is 0 Å². The van der Waals surface area contributed by atoms with Gasteiger partial charge in [0.15, 0.2) is 0 Å². The number of benzene rings is 1. The third kappa shape index (κ3) is 4.59. The van der Waals surface area contributed by atoms with Gasteiger partial charge in [0.1, 0.15) is 5.82 Å². The Balaban J connectivity index is 1.95. The first-order chi connectivity index (χ1) is 9.86. The highest BCUT2D eigenvalue weighted by molar-refractivity contribution is 5.47. The molecule has 1 atom stereocenters. The zero-order valence-electron chi connectivity index (χ0n) is 12.0. The average molecular weight is 304 g/mol. The molecule has 1 heterocycles. The summed E-state index contributed by atoms with van der Waals surface area (Å²) in [6.07, 6.45) is -0.937. The summed E-state index contributed by atoms with van der Waals surface area (Å²) in [6.45, 7) is 4.73. The van der Waals surface area contributed by atoms with E-state index < -0.39 is 17.6 Å². The van der Waals surface area contributed by atoms with Crippen LogP contribution >= 0.6 is 0 Å². The standard InChI is InChI=1S/C15H20F4N2/c1-11(10-21-7-3-2-4-8-21)20-14-6-5-12(9-13(14)16)15(17,18)19/h5-6,9,11,20H,2-4,7-8,10H2,1H3. The SMILES string of the molecule is CC(CN1CCCCC1)Nc1ccc(C(F)(F)F)cc1F. The summed E-state index contributed by atoms with van der Waals surface area (Å²) in [7, 11) is 0. The fourth-order valence-electron chi connectivity index (χ4n) is 2.65. The van der Waals surface area contributed by atoms with E-state index in [2.05, 4.69) is 10.2 Å². The number of nitrogens with one attached hydrogen (secondary N) is 1. The maximum Gasteiger partial charge on any atom is 0.416 e. The number of nitrogens with zero attached hydrogens (tertiary/aromatic N) is 1. The van der Waals surface area contributed by atoms with Crippen molar-refractivity contribution in [1.82, 2.24) is 4.90 Å². The van der Waals surface area contributed by atoms with Crippen molar-refractivity contribution in [3.63, 3.8) is 0 Å². The van der Waals surface area contributed by atoms with Crippen molar-refractivity contribution in [2.24, 2.45) is 0 Å². The molecule has 1 fully saturated rings. The maximum atomic E-state index is 13.7.